The zero-order valence-electron chi connectivity index (χ0n) is 29.1. The molecule has 0 saturated carbocycles. The number of aliphatic imine (C=N–C) groups is 1. The predicted octanol–water partition coefficient (Wildman–Crippen LogP) is 3.06. The first-order chi connectivity index (χ1) is 25.5. The Kier molecular flexibility index (Phi) is 13.3. The van der Waals surface area contributed by atoms with Gasteiger partial charge in [0.05, 0.1) is 5.92 Å². The number of alkyl halides is 3. The van der Waals surface area contributed by atoms with Crippen molar-refractivity contribution in [2.24, 2.45) is 27.9 Å². The molecule has 16 heteroatoms. The summed E-state index contributed by atoms with van der Waals surface area (Å²) in [4.78, 5) is 55.6. The number of fused-ring (bicyclic) bond motifs is 2. The van der Waals surface area contributed by atoms with Crippen LogP contribution in [0, 0.1) is 5.41 Å². The number of carbonyl (C=O) groups is 4. The van der Waals surface area contributed by atoms with E-state index in [1.807, 2.05) is 78.9 Å². The van der Waals surface area contributed by atoms with Gasteiger partial charge < -0.3 is 38.3 Å². The third-order valence-corrected chi connectivity index (χ3v) is 8.86. The number of guanidine groups is 1. The number of nitrogen functional groups attached to an aromatic ring is 1. The van der Waals surface area contributed by atoms with E-state index in [2.05, 4.69) is 10.3 Å². The maximum absolute atomic E-state index is 14.8. The van der Waals surface area contributed by atoms with E-state index < -0.39 is 42.0 Å². The number of carboxylic acids is 1. The second-order valence-electron chi connectivity index (χ2n) is 12.6. The van der Waals surface area contributed by atoms with Crippen molar-refractivity contribution in [3.8, 4) is 0 Å². The van der Waals surface area contributed by atoms with Gasteiger partial charge in [-0.2, -0.15) is 13.2 Å². The summed E-state index contributed by atoms with van der Waals surface area (Å²) in [5, 5.41) is 19.7. The third-order valence-electron chi connectivity index (χ3n) is 8.86. The van der Waals surface area contributed by atoms with Crippen LogP contribution in [0.1, 0.15) is 46.6 Å². The molecule has 0 fully saturated rings. The summed E-state index contributed by atoms with van der Waals surface area (Å²) in [5.74, 6) is -4.83. The molecule has 0 radical (unpaired) electrons. The summed E-state index contributed by atoms with van der Waals surface area (Å²) >= 11 is 0. The summed E-state index contributed by atoms with van der Waals surface area (Å²) < 4.78 is 31.7. The fourth-order valence-corrected chi connectivity index (χ4v) is 6.07. The number of nitrogens with zero attached hydrogens (tertiary/aromatic N) is 2. The first-order valence-electron chi connectivity index (χ1n) is 16.8. The summed E-state index contributed by atoms with van der Waals surface area (Å²) in [5.41, 5.74) is 26.4. The highest BCUT2D eigenvalue weighted by atomic mass is 19.4. The van der Waals surface area contributed by atoms with E-state index in [0.717, 1.165) is 33.0 Å². The average Bonchev–Trinajstić information content (AvgIpc) is 3.13. The molecular formula is C38H41F3N8O5. The number of hydrogen-bond donors (Lipinski definition) is 7. The van der Waals surface area contributed by atoms with Crippen LogP contribution in [0.2, 0.25) is 0 Å². The lowest BCUT2D eigenvalue weighted by Gasteiger charge is -2.38. The van der Waals surface area contributed by atoms with Gasteiger partial charge in [-0.1, -0.05) is 91.0 Å². The lowest BCUT2D eigenvalue weighted by molar-refractivity contribution is -0.192. The smallest absolute Gasteiger partial charge is 0.475 e. The number of nitrogens with one attached hydrogen (secondary N) is 2. The van der Waals surface area contributed by atoms with Crippen LogP contribution in [0.15, 0.2) is 96.0 Å². The minimum Gasteiger partial charge on any atom is -0.475 e. The molecule has 3 amide bonds. The lowest BCUT2D eigenvalue weighted by Crippen LogP contribution is -2.57. The lowest BCUT2D eigenvalue weighted by atomic mass is 9.86. The fourth-order valence-electron chi connectivity index (χ4n) is 6.07. The number of rotatable bonds is 12. The standard InChI is InChI=1S/C36H40N8O3.C2HF3O2/c37-32(38)24-13-11-22(12-14-24)18-29(27-16-15-23-6-1-2-7-25(23)19-27)35(47)44-21-28-9-4-3-8-26(28)20-31(44)34(46)43-30(33(39)45)10-5-17-42-36(40)41;3-2(4,5)1(6)7/h1-4,6-9,11-16,19,29-31H,5,10,17-18,20-21H2,(H3,37,38)(H2,39,45)(H,43,46)(H4,40,41,42);(H,6,7)/t29?,30-,31-;/m0./s1. The van der Waals surface area contributed by atoms with Gasteiger partial charge in [0, 0.05) is 25.1 Å². The van der Waals surface area contributed by atoms with E-state index >= 15 is 0 Å². The Bertz CT molecular complexity index is 2030. The molecule has 0 aromatic heterocycles. The molecule has 0 spiro atoms. The van der Waals surface area contributed by atoms with E-state index in [0.29, 0.717) is 18.4 Å². The molecular weight excluding hydrogens is 705 g/mol. The summed E-state index contributed by atoms with van der Waals surface area (Å²) in [6.07, 6.45) is -3.78. The summed E-state index contributed by atoms with van der Waals surface area (Å²) in [7, 11) is 0. The number of nitrogens with two attached hydrogens (primary N) is 4. The SMILES string of the molecule is N=C(N)c1ccc(CC(C(=O)N2Cc3ccccc3C[C@H]2C(=O)N[C@@H](CCCN=C(N)N)C(N)=O)c2ccc3ccccc3c2)cc1.O=C(O)C(F)(F)F. The molecule has 0 bridgehead atoms. The van der Waals surface area contributed by atoms with Crippen molar-refractivity contribution in [3.05, 3.63) is 119 Å². The van der Waals surface area contributed by atoms with Crippen LogP contribution in [0.25, 0.3) is 10.8 Å². The molecule has 13 nitrogen and oxygen atoms in total. The first-order valence-corrected chi connectivity index (χ1v) is 16.8. The van der Waals surface area contributed by atoms with Crippen molar-refractivity contribution in [1.29, 1.82) is 5.41 Å². The number of aliphatic carboxylic acids is 1. The number of hydrogen-bond acceptors (Lipinski definition) is 6. The molecule has 1 unspecified atom stereocenters. The van der Waals surface area contributed by atoms with Crippen molar-refractivity contribution in [1.82, 2.24) is 10.2 Å². The largest absolute Gasteiger partial charge is 0.490 e. The van der Waals surface area contributed by atoms with Gasteiger partial charge in [-0.25, -0.2) is 4.79 Å². The van der Waals surface area contributed by atoms with Crippen LogP contribution >= 0.6 is 0 Å². The van der Waals surface area contributed by atoms with Gasteiger partial charge in [0.1, 0.15) is 17.9 Å². The van der Waals surface area contributed by atoms with Gasteiger partial charge in [-0.3, -0.25) is 24.8 Å². The second-order valence-corrected chi connectivity index (χ2v) is 12.6. The maximum atomic E-state index is 14.8. The van der Waals surface area contributed by atoms with Crippen LogP contribution in [0.3, 0.4) is 0 Å². The molecule has 54 heavy (non-hydrogen) atoms. The second kappa shape index (κ2) is 17.9. The van der Waals surface area contributed by atoms with Gasteiger partial charge in [-0.15, -0.1) is 0 Å². The first kappa shape index (κ1) is 40.3. The molecule has 0 saturated heterocycles. The van der Waals surface area contributed by atoms with Gasteiger partial charge in [0.15, 0.2) is 5.96 Å². The molecule has 0 aliphatic carbocycles. The molecule has 3 atom stereocenters. The third kappa shape index (κ3) is 10.8. The monoisotopic (exact) mass is 746 g/mol. The molecule has 1 aliphatic heterocycles. The van der Waals surface area contributed by atoms with Crippen molar-refractivity contribution in [2.45, 2.75) is 56.4 Å². The molecule has 4 aromatic carbocycles. The molecule has 1 heterocycles. The van der Waals surface area contributed by atoms with E-state index in [9.17, 15) is 27.6 Å². The number of amidine groups is 1. The Morgan fingerprint density at radius 3 is 2.09 bits per heavy atom. The van der Waals surface area contributed by atoms with Gasteiger partial charge in [0.2, 0.25) is 17.7 Å². The number of carboxylic acid groups (broad SMARTS) is 1. The molecule has 1 aliphatic rings. The van der Waals surface area contributed by atoms with E-state index in [-0.39, 0.29) is 43.6 Å². The Morgan fingerprint density at radius 1 is 0.889 bits per heavy atom. The molecule has 4 aromatic rings. The fraction of sp³-hybridized carbons (Fsp3) is 0.263. The van der Waals surface area contributed by atoms with Gasteiger partial charge >= 0.3 is 12.1 Å². The number of carbonyl (C=O) groups excluding carboxylic acids is 3. The van der Waals surface area contributed by atoms with Gasteiger partial charge in [0.25, 0.3) is 0 Å². The zero-order chi connectivity index (χ0) is 39.6. The van der Waals surface area contributed by atoms with Crippen molar-refractivity contribution >= 4 is 46.3 Å². The molecule has 284 valence electrons. The maximum Gasteiger partial charge on any atom is 0.490 e. The van der Waals surface area contributed by atoms with Crippen molar-refractivity contribution in [3.63, 3.8) is 0 Å². The van der Waals surface area contributed by atoms with E-state index in [1.54, 1.807) is 17.0 Å². The van der Waals surface area contributed by atoms with Crippen LogP contribution in [-0.4, -0.2) is 70.3 Å². The highest BCUT2D eigenvalue weighted by Crippen LogP contribution is 2.32. The highest BCUT2D eigenvalue weighted by Gasteiger charge is 2.39. The van der Waals surface area contributed by atoms with Crippen molar-refractivity contribution < 1.29 is 37.5 Å². The van der Waals surface area contributed by atoms with Crippen LogP contribution < -0.4 is 28.3 Å². The Balaban J connectivity index is 0.000000845. The van der Waals surface area contributed by atoms with Crippen LogP contribution in [-0.2, 0) is 38.6 Å². The Morgan fingerprint density at radius 2 is 1.50 bits per heavy atom. The molecule has 11 N–H and O–H groups in total. The average molecular weight is 747 g/mol. The topological polar surface area (TPSA) is 244 Å². The number of benzene rings is 4. The number of amides is 3. The quantitative estimate of drug-likeness (QED) is 0.0644. The van der Waals surface area contributed by atoms with Crippen LogP contribution in [0.4, 0.5) is 13.2 Å². The van der Waals surface area contributed by atoms with Crippen LogP contribution in [0.5, 0.6) is 0 Å². The normalized spacial score (nSPS) is 14.7. The summed E-state index contributed by atoms with van der Waals surface area (Å²) in [6.45, 7) is 0.510. The molecule has 5 rings (SSSR count). The van der Waals surface area contributed by atoms with Gasteiger partial charge in [-0.05, 0) is 52.3 Å². The number of halogens is 3. The minimum atomic E-state index is -5.08. The minimum absolute atomic E-state index is 0.0370. The zero-order valence-corrected chi connectivity index (χ0v) is 29.1. The Labute approximate surface area is 308 Å². The predicted molar refractivity (Wildman–Crippen MR) is 197 cm³/mol. The Hall–Kier alpha value is -6.45. The highest BCUT2D eigenvalue weighted by molar-refractivity contribution is 5.96. The van der Waals surface area contributed by atoms with E-state index in [1.165, 1.54) is 0 Å². The summed E-state index contributed by atoms with van der Waals surface area (Å²) in [6, 6.07) is 27.1. The number of primary amides is 1. The van der Waals surface area contributed by atoms with Crippen molar-refractivity contribution in [2.75, 3.05) is 6.54 Å². The van der Waals surface area contributed by atoms with E-state index in [4.69, 9.17) is 38.2 Å².